The molecule has 0 unspecified atom stereocenters. The number of benzene rings is 2. The number of hydrogen-bond donors (Lipinski definition) is 1. The van der Waals surface area contributed by atoms with E-state index in [9.17, 15) is 4.79 Å². The van der Waals surface area contributed by atoms with Crippen LogP contribution in [0.2, 0.25) is 10.0 Å². The van der Waals surface area contributed by atoms with Crippen LogP contribution >= 0.6 is 23.2 Å². The van der Waals surface area contributed by atoms with E-state index in [0.717, 1.165) is 24.1 Å². The minimum absolute atomic E-state index is 0.190. The van der Waals surface area contributed by atoms with Crippen LogP contribution in [0.15, 0.2) is 42.5 Å². The minimum Gasteiger partial charge on any atom is -0.310 e. The van der Waals surface area contributed by atoms with E-state index in [2.05, 4.69) is 15.5 Å². The van der Waals surface area contributed by atoms with Crippen molar-refractivity contribution in [3.8, 4) is 5.69 Å². The molecular formula is C24H27Cl2N5O. The highest BCUT2D eigenvalue weighted by Gasteiger charge is 2.23. The van der Waals surface area contributed by atoms with Gasteiger partial charge >= 0.3 is 0 Å². The summed E-state index contributed by atoms with van der Waals surface area (Å²) >= 11 is 12.6. The first-order chi connectivity index (χ1) is 15.4. The highest BCUT2D eigenvalue weighted by molar-refractivity contribution is 6.35. The Labute approximate surface area is 198 Å². The van der Waals surface area contributed by atoms with Crippen LogP contribution in [0.1, 0.15) is 46.8 Å². The second-order valence-electron chi connectivity index (χ2n) is 8.48. The predicted molar refractivity (Wildman–Crippen MR) is 128 cm³/mol. The summed E-state index contributed by atoms with van der Waals surface area (Å²) in [5.74, 6) is 2.18. The van der Waals surface area contributed by atoms with E-state index >= 15 is 0 Å². The van der Waals surface area contributed by atoms with Crippen molar-refractivity contribution >= 4 is 29.0 Å². The van der Waals surface area contributed by atoms with E-state index in [1.54, 1.807) is 36.4 Å². The molecule has 4 rings (SSSR count). The van der Waals surface area contributed by atoms with Gasteiger partial charge in [0.1, 0.15) is 0 Å². The van der Waals surface area contributed by atoms with Crippen LogP contribution in [-0.4, -0.2) is 46.1 Å². The van der Waals surface area contributed by atoms with Crippen molar-refractivity contribution in [3.05, 3.63) is 75.3 Å². The highest BCUT2D eigenvalue weighted by atomic mass is 35.5. The Morgan fingerprint density at radius 1 is 1.09 bits per heavy atom. The second-order valence-corrected chi connectivity index (χ2v) is 9.33. The summed E-state index contributed by atoms with van der Waals surface area (Å²) in [6.45, 7) is 2.08. The number of nitrogens with one attached hydrogen (secondary N) is 1. The van der Waals surface area contributed by atoms with Crippen molar-refractivity contribution in [3.63, 3.8) is 0 Å². The molecule has 3 aromatic rings. The predicted octanol–water partition coefficient (Wildman–Crippen LogP) is 4.76. The SMILES string of the molecule is CN(C)Cc1nnc(CNCCC2CC2)n1-c1ccc(Cl)cc1C(=O)c1ccccc1Cl. The molecule has 1 saturated carbocycles. The maximum Gasteiger partial charge on any atom is 0.196 e. The van der Waals surface area contributed by atoms with Gasteiger partial charge in [0.25, 0.3) is 0 Å². The van der Waals surface area contributed by atoms with E-state index in [-0.39, 0.29) is 5.78 Å². The van der Waals surface area contributed by atoms with Gasteiger partial charge in [0.05, 0.1) is 23.8 Å². The molecule has 0 aliphatic heterocycles. The average Bonchev–Trinajstić information content (AvgIpc) is 3.51. The largest absolute Gasteiger partial charge is 0.310 e. The number of rotatable bonds is 10. The zero-order valence-corrected chi connectivity index (χ0v) is 19.8. The van der Waals surface area contributed by atoms with Crippen molar-refractivity contribution in [2.75, 3.05) is 20.6 Å². The molecule has 1 aliphatic rings. The molecular weight excluding hydrogens is 445 g/mol. The molecule has 8 heteroatoms. The first-order valence-corrected chi connectivity index (χ1v) is 11.6. The van der Waals surface area contributed by atoms with E-state index in [1.807, 2.05) is 29.6 Å². The van der Waals surface area contributed by atoms with Gasteiger partial charge in [0, 0.05) is 16.1 Å². The van der Waals surface area contributed by atoms with E-state index in [1.165, 1.54) is 19.3 Å². The summed E-state index contributed by atoms with van der Waals surface area (Å²) in [4.78, 5) is 15.5. The molecule has 0 amide bonds. The number of aromatic nitrogens is 3. The van der Waals surface area contributed by atoms with Gasteiger partial charge in [-0.2, -0.15) is 0 Å². The van der Waals surface area contributed by atoms with E-state index in [4.69, 9.17) is 23.2 Å². The Bertz CT molecular complexity index is 1110. The minimum atomic E-state index is -0.190. The van der Waals surface area contributed by atoms with Crippen molar-refractivity contribution < 1.29 is 4.79 Å². The smallest absolute Gasteiger partial charge is 0.196 e. The maximum absolute atomic E-state index is 13.5. The van der Waals surface area contributed by atoms with Gasteiger partial charge in [-0.1, -0.05) is 48.2 Å². The number of carbonyl (C=O) groups is 1. The summed E-state index contributed by atoms with van der Waals surface area (Å²) < 4.78 is 1.96. The fraction of sp³-hybridized carbons (Fsp3) is 0.375. The van der Waals surface area contributed by atoms with Crippen LogP contribution in [0.25, 0.3) is 5.69 Å². The lowest BCUT2D eigenvalue weighted by Crippen LogP contribution is -2.21. The van der Waals surface area contributed by atoms with Crippen LogP contribution in [0.4, 0.5) is 0 Å². The Morgan fingerprint density at radius 3 is 2.56 bits per heavy atom. The zero-order chi connectivity index (χ0) is 22.7. The van der Waals surface area contributed by atoms with Crippen LogP contribution in [0.5, 0.6) is 0 Å². The van der Waals surface area contributed by atoms with Gasteiger partial charge in [0.15, 0.2) is 17.4 Å². The highest BCUT2D eigenvalue weighted by Crippen LogP contribution is 2.32. The number of nitrogens with zero attached hydrogens (tertiary/aromatic N) is 4. The first-order valence-electron chi connectivity index (χ1n) is 10.8. The fourth-order valence-corrected chi connectivity index (χ4v) is 4.11. The standard InChI is InChI=1S/C24H27Cl2N5O/c1-30(2)15-23-29-28-22(14-27-12-11-16-7-8-16)31(23)21-10-9-17(25)13-19(21)24(32)18-5-3-4-6-20(18)26/h3-6,9-10,13,16,27H,7-8,11-12,14-15H2,1-2H3. The Morgan fingerprint density at radius 2 is 1.84 bits per heavy atom. The maximum atomic E-state index is 13.5. The van der Waals surface area contributed by atoms with Gasteiger partial charge < -0.3 is 10.2 Å². The third kappa shape index (κ3) is 5.38. The molecule has 1 aromatic heterocycles. The third-order valence-electron chi connectivity index (χ3n) is 5.53. The summed E-state index contributed by atoms with van der Waals surface area (Å²) in [5.41, 5.74) is 1.59. The Balaban J connectivity index is 1.73. The number of hydrogen-bond acceptors (Lipinski definition) is 5. The van der Waals surface area contributed by atoms with Crippen molar-refractivity contribution in [2.45, 2.75) is 32.4 Å². The van der Waals surface area contributed by atoms with E-state index in [0.29, 0.717) is 39.9 Å². The van der Waals surface area contributed by atoms with Gasteiger partial charge in [0.2, 0.25) is 0 Å². The first kappa shape index (κ1) is 22.9. The lowest BCUT2D eigenvalue weighted by Gasteiger charge is -2.17. The normalized spacial score (nSPS) is 13.7. The molecule has 32 heavy (non-hydrogen) atoms. The zero-order valence-electron chi connectivity index (χ0n) is 18.3. The molecule has 1 fully saturated rings. The summed E-state index contributed by atoms with van der Waals surface area (Å²) in [5, 5.41) is 13.2. The summed E-state index contributed by atoms with van der Waals surface area (Å²) in [6, 6.07) is 12.4. The molecule has 0 bridgehead atoms. The number of ketones is 1. The van der Waals surface area contributed by atoms with Crippen molar-refractivity contribution in [2.24, 2.45) is 5.92 Å². The quantitative estimate of drug-likeness (QED) is 0.341. The second kappa shape index (κ2) is 10.1. The van der Waals surface area contributed by atoms with Crippen molar-refractivity contribution in [1.82, 2.24) is 25.0 Å². The molecule has 0 saturated heterocycles. The lowest BCUT2D eigenvalue weighted by molar-refractivity contribution is 0.103. The van der Waals surface area contributed by atoms with Crippen LogP contribution in [0, 0.1) is 5.92 Å². The van der Waals surface area contributed by atoms with Crippen LogP contribution in [0.3, 0.4) is 0 Å². The fourth-order valence-electron chi connectivity index (χ4n) is 3.72. The number of carbonyl (C=O) groups excluding carboxylic acids is 1. The Hall–Kier alpha value is -2.25. The molecule has 1 N–H and O–H groups in total. The average molecular weight is 472 g/mol. The van der Waals surface area contributed by atoms with Gasteiger partial charge in [-0.25, -0.2) is 0 Å². The number of halogens is 2. The molecule has 6 nitrogen and oxygen atoms in total. The molecule has 168 valence electrons. The lowest BCUT2D eigenvalue weighted by atomic mass is 10.0. The molecule has 0 spiro atoms. The van der Waals surface area contributed by atoms with E-state index < -0.39 is 0 Å². The molecule has 0 atom stereocenters. The molecule has 2 aromatic carbocycles. The van der Waals surface area contributed by atoms with Crippen LogP contribution in [-0.2, 0) is 13.1 Å². The van der Waals surface area contributed by atoms with Gasteiger partial charge in [-0.05, 0) is 63.3 Å². The monoisotopic (exact) mass is 471 g/mol. The molecule has 0 radical (unpaired) electrons. The Kier molecular flexibility index (Phi) is 7.26. The topological polar surface area (TPSA) is 63.1 Å². The molecule has 1 aliphatic carbocycles. The van der Waals surface area contributed by atoms with Gasteiger partial charge in [-0.3, -0.25) is 9.36 Å². The summed E-state index contributed by atoms with van der Waals surface area (Å²) in [6.07, 6.45) is 3.85. The van der Waals surface area contributed by atoms with Crippen LogP contribution < -0.4 is 5.32 Å². The third-order valence-corrected chi connectivity index (χ3v) is 6.09. The summed E-state index contributed by atoms with van der Waals surface area (Å²) in [7, 11) is 3.95. The van der Waals surface area contributed by atoms with Gasteiger partial charge in [-0.15, -0.1) is 10.2 Å². The van der Waals surface area contributed by atoms with Crippen molar-refractivity contribution in [1.29, 1.82) is 0 Å². The molecule has 1 heterocycles.